The summed E-state index contributed by atoms with van der Waals surface area (Å²) < 4.78 is 0. The fraction of sp³-hybridized carbons (Fsp3) is 0.500. The summed E-state index contributed by atoms with van der Waals surface area (Å²) in [4.78, 5) is 7.33. The molecule has 2 heterocycles. The third-order valence-corrected chi connectivity index (χ3v) is 3.18. The summed E-state index contributed by atoms with van der Waals surface area (Å²) in [6.07, 6.45) is 2.46. The van der Waals surface area contributed by atoms with Crippen LogP contribution in [0.3, 0.4) is 0 Å². The Labute approximate surface area is 102 Å². The van der Waals surface area contributed by atoms with Gasteiger partial charge in [0.2, 0.25) is 0 Å². The van der Waals surface area contributed by atoms with Crippen LogP contribution >= 0.6 is 12.2 Å². The third kappa shape index (κ3) is 2.02. The summed E-state index contributed by atoms with van der Waals surface area (Å²) in [7, 11) is 0. The second kappa shape index (κ2) is 4.37. The number of hydrogen-bond acceptors (Lipinski definition) is 3. The molecule has 2 N–H and O–H groups in total. The summed E-state index contributed by atoms with van der Waals surface area (Å²) in [5.74, 6) is 0.975. The zero-order valence-corrected chi connectivity index (χ0v) is 10.6. The molecule has 1 aromatic heterocycles. The second-order valence-corrected chi connectivity index (χ2v) is 4.78. The number of anilines is 1. The summed E-state index contributed by atoms with van der Waals surface area (Å²) in [6, 6.07) is 2.04. The Bertz CT molecular complexity index is 423. The minimum atomic E-state index is 0.451. The van der Waals surface area contributed by atoms with Crippen molar-refractivity contribution in [1.82, 2.24) is 4.98 Å². The highest BCUT2D eigenvalue weighted by molar-refractivity contribution is 7.80. The minimum absolute atomic E-state index is 0.451. The normalized spacial score (nSPS) is 15.5. The van der Waals surface area contributed by atoms with Crippen LogP contribution in [0.4, 0.5) is 5.82 Å². The number of nitrogens with two attached hydrogens (primary N) is 1. The molecule has 0 unspecified atom stereocenters. The van der Waals surface area contributed by atoms with Crippen LogP contribution < -0.4 is 10.6 Å². The molecule has 1 aliphatic heterocycles. The number of rotatable bonds is 2. The van der Waals surface area contributed by atoms with Crippen LogP contribution in [0.2, 0.25) is 0 Å². The molecule has 0 amide bonds. The van der Waals surface area contributed by atoms with Crippen molar-refractivity contribution >= 4 is 23.0 Å². The van der Waals surface area contributed by atoms with E-state index in [0.717, 1.165) is 35.7 Å². The van der Waals surface area contributed by atoms with Crippen molar-refractivity contribution in [2.75, 3.05) is 18.0 Å². The molecule has 1 aliphatic rings. The molecular weight excluding hydrogens is 218 g/mol. The molecular formula is C12H17N3S. The zero-order chi connectivity index (χ0) is 11.7. The maximum Gasteiger partial charge on any atom is 0.139 e. The lowest BCUT2D eigenvalue weighted by atomic mass is 10.1. The van der Waals surface area contributed by atoms with E-state index in [4.69, 9.17) is 18.0 Å². The topological polar surface area (TPSA) is 42.1 Å². The maximum atomic E-state index is 5.80. The quantitative estimate of drug-likeness (QED) is 0.795. The Kier molecular flexibility index (Phi) is 3.10. The molecule has 86 valence electrons. The molecule has 1 aromatic rings. The van der Waals surface area contributed by atoms with E-state index in [1.807, 2.05) is 19.9 Å². The molecule has 0 radical (unpaired) electrons. The lowest BCUT2D eigenvalue weighted by molar-refractivity contribution is 0.924. The molecule has 0 aromatic carbocycles. The number of thiocarbonyl (C=S) groups is 1. The highest BCUT2D eigenvalue weighted by atomic mass is 32.1. The largest absolute Gasteiger partial charge is 0.389 e. The Hall–Kier alpha value is -1.16. The predicted molar refractivity (Wildman–Crippen MR) is 71.0 cm³/mol. The van der Waals surface area contributed by atoms with Gasteiger partial charge in [0, 0.05) is 18.8 Å². The van der Waals surface area contributed by atoms with Gasteiger partial charge in [0.05, 0.1) is 5.56 Å². The summed E-state index contributed by atoms with van der Waals surface area (Å²) >= 11 is 5.13. The molecule has 4 heteroatoms. The minimum Gasteiger partial charge on any atom is -0.389 e. The van der Waals surface area contributed by atoms with Crippen molar-refractivity contribution in [1.29, 1.82) is 0 Å². The van der Waals surface area contributed by atoms with Gasteiger partial charge in [0.15, 0.2) is 0 Å². The van der Waals surface area contributed by atoms with Crippen molar-refractivity contribution < 1.29 is 0 Å². The number of aromatic nitrogens is 1. The average molecular weight is 235 g/mol. The first-order valence-corrected chi connectivity index (χ1v) is 6.03. The van der Waals surface area contributed by atoms with Crippen molar-refractivity contribution in [2.45, 2.75) is 26.7 Å². The van der Waals surface area contributed by atoms with Gasteiger partial charge in [0.25, 0.3) is 0 Å². The van der Waals surface area contributed by atoms with Crippen molar-refractivity contribution in [3.8, 4) is 0 Å². The standard InChI is InChI=1S/C12H17N3S/c1-8-7-9(2)14-12(10(8)11(13)16)15-5-3-4-6-15/h7H,3-6H2,1-2H3,(H2,13,16). The number of pyridine rings is 1. The van der Waals surface area contributed by atoms with Gasteiger partial charge >= 0.3 is 0 Å². The zero-order valence-electron chi connectivity index (χ0n) is 9.79. The van der Waals surface area contributed by atoms with Crippen LogP contribution in [-0.4, -0.2) is 23.1 Å². The van der Waals surface area contributed by atoms with E-state index < -0.39 is 0 Å². The Balaban J connectivity index is 2.52. The molecule has 1 fully saturated rings. The molecule has 2 rings (SSSR count). The first-order valence-electron chi connectivity index (χ1n) is 5.62. The maximum absolute atomic E-state index is 5.80. The van der Waals surface area contributed by atoms with Crippen molar-refractivity contribution in [2.24, 2.45) is 5.73 Å². The molecule has 0 aliphatic carbocycles. The Morgan fingerprint density at radius 3 is 2.56 bits per heavy atom. The van der Waals surface area contributed by atoms with Gasteiger partial charge in [-0.05, 0) is 38.3 Å². The molecule has 0 bridgehead atoms. The highest BCUT2D eigenvalue weighted by Gasteiger charge is 2.20. The van der Waals surface area contributed by atoms with Crippen LogP contribution in [0.1, 0.15) is 29.7 Å². The molecule has 0 saturated carbocycles. The fourth-order valence-corrected chi connectivity index (χ4v) is 2.53. The third-order valence-electron chi connectivity index (χ3n) is 2.98. The van der Waals surface area contributed by atoms with Gasteiger partial charge in [-0.1, -0.05) is 12.2 Å². The van der Waals surface area contributed by atoms with Crippen molar-refractivity contribution in [3.05, 3.63) is 22.9 Å². The van der Waals surface area contributed by atoms with Gasteiger partial charge in [-0.2, -0.15) is 0 Å². The summed E-state index contributed by atoms with van der Waals surface area (Å²) in [6.45, 7) is 6.18. The smallest absolute Gasteiger partial charge is 0.139 e. The molecule has 16 heavy (non-hydrogen) atoms. The van der Waals surface area contributed by atoms with Crippen LogP contribution in [0.15, 0.2) is 6.07 Å². The predicted octanol–water partition coefficient (Wildman–Crippen LogP) is 1.93. The van der Waals surface area contributed by atoms with Gasteiger partial charge in [-0.3, -0.25) is 0 Å². The van der Waals surface area contributed by atoms with Crippen LogP contribution in [-0.2, 0) is 0 Å². The van der Waals surface area contributed by atoms with E-state index in [1.165, 1.54) is 12.8 Å². The first kappa shape index (κ1) is 11.3. The lowest BCUT2D eigenvalue weighted by Gasteiger charge is -2.21. The van der Waals surface area contributed by atoms with E-state index in [0.29, 0.717) is 4.99 Å². The van der Waals surface area contributed by atoms with Gasteiger partial charge in [-0.25, -0.2) is 4.98 Å². The summed E-state index contributed by atoms with van der Waals surface area (Å²) in [5.41, 5.74) is 8.90. The van der Waals surface area contributed by atoms with E-state index in [-0.39, 0.29) is 0 Å². The Morgan fingerprint density at radius 1 is 1.38 bits per heavy atom. The Morgan fingerprint density at radius 2 is 2.00 bits per heavy atom. The molecule has 1 saturated heterocycles. The number of aryl methyl sites for hydroxylation is 2. The van der Waals surface area contributed by atoms with E-state index in [1.54, 1.807) is 0 Å². The van der Waals surface area contributed by atoms with E-state index in [2.05, 4.69) is 9.88 Å². The van der Waals surface area contributed by atoms with Gasteiger partial charge in [0.1, 0.15) is 10.8 Å². The number of hydrogen-bond donors (Lipinski definition) is 1. The van der Waals surface area contributed by atoms with Crippen LogP contribution in [0.5, 0.6) is 0 Å². The highest BCUT2D eigenvalue weighted by Crippen LogP contribution is 2.25. The van der Waals surface area contributed by atoms with Crippen molar-refractivity contribution in [3.63, 3.8) is 0 Å². The first-order chi connectivity index (χ1) is 7.59. The van der Waals surface area contributed by atoms with Crippen LogP contribution in [0.25, 0.3) is 0 Å². The van der Waals surface area contributed by atoms with E-state index in [9.17, 15) is 0 Å². The second-order valence-electron chi connectivity index (χ2n) is 4.34. The molecule has 0 atom stereocenters. The number of nitrogens with zero attached hydrogens (tertiary/aromatic N) is 2. The van der Waals surface area contributed by atoms with Crippen LogP contribution in [0, 0.1) is 13.8 Å². The summed E-state index contributed by atoms with van der Waals surface area (Å²) in [5, 5.41) is 0. The van der Waals surface area contributed by atoms with Gasteiger partial charge in [-0.15, -0.1) is 0 Å². The SMILES string of the molecule is Cc1cc(C)c(C(N)=S)c(N2CCCC2)n1. The van der Waals surface area contributed by atoms with E-state index >= 15 is 0 Å². The average Bonchev–Trinajstić information content (AvgIpc) is 2.67. The fourth-order valence-electron chi connectivity index (χ4n) is 2.28. The molecule has 3 nitrogen and oxygen atoms in total. The molecule has 0 spiro atoms. The lowest BCUT2D eigenvalue weighted by Crippen LogP contribution is -2.25. The monoisotopic (exact) mass is 235 g/mol. The van der Waals surface area contributed by atoms with Gasteiger partial charge < -0.3 is 10.6 Å².